The maximum absolute atomic E-state index is 12.0. The van der Waals surface area contributed by atoms with Crippen molar-refractivity contribution in [3.63, 3.8) is 0 Å². The monoisotopic (exact) mass is 311 g/mol. The molecule has 0 radical (unpaired) electrons. The molecule has 8 heteroatoms. The molecule has 0 aromatic carbocycles. The normalized spacial score (nSPS) is 23.0. The number of carbonyl (C=O) groups excluding carboxylic acids is 1. The van der Waals surface area contributed by atoms with Crippen molar-refractivity contribution >= 4 is 5.91 Å². The minimum absolute atomic E-state index is 0.0188. The van der Waals surface area contributed by atoms with Crippen LogP contribution in [-0.4, -0.2) is 78.4 Å². The Morgan fingerprint density at radius 1 is 1.43 bits per heavy atom. The Bertz CT molecular complexity index is 337. The Morgan fingerprint density at radius 2 is 2.10 bits per heavy atom. The van der Waals surface area contributed by atoms with Crippen molar-refractivity contribution in [2.75, 3.05) is 39.3 Å². The number of nitrogens with zero attached hydrogens (tertiary/aromatic N) is 2. The van der Waals surface area contributed by atoms with E-state index in [1.807, 2.05) is 17.1 Å². The first-order valence-corrected chi connectivity index (χ1v) is 7.19. The molecule has 0 aliphatic carbocycles. The summed E-state index contributed by atoms with van der Waals surface area (Å²) in [5.41, 5.74) is 0. The van der Waals surface area contributed by atoms with Crippen LogP contribution in [0.25, 0.3) is 0 Å². The molecule has 1 fully saturated rings. The number of aliphatic hydroxyl groups is 1. The molecule has 2 atom stereocenters. The lowest BCUT2D eigenvalue weighted by Crippen LogP contribution is -2.56. The molecule has 0 aromatic rings. The molecule has 1 rings (SSSR count). The molecule has 5 nitrogen and oxygen atoms in total. The highest BCUT2D eigenvalue weighted by atomic mass is 19.4. The van der Waals surface area contributed by atoms with Crippen LogP contribution in [0.5, 0.6) is 0 Å². The van der Waals surface area contributed by atoms with Crippen LogP contribution in [-0.2, 0) is 4.79 Å². The Labute approximate surface area is 123 Å². The van der Waals surface area contributed by atoms with Gasteiger partial charge in [0.1, 0.15) is 6.54 Å². The number of alkyl halides is 3. The SMILES string of the molecule is CC[C@H]1CN(CC(=O)NCC(F)(F)F)CCN1C[C@@H](C)O. The van der Waals surface area contributed by atoms with E-state index >= 15 is 0 Å². The lowest BCUT2D eigenvalue weighted by Gasteiger charge is -2.41. The summed E-state index contributed by atoms with van der Waals surface area (Å²) in [6.07, 6.45) is -3.92. The summed E-state index contributed by atoms with van der Waals surface area (Å²) in [4.78, 5) is 15.5. The molecule has 0 spiro atoms. The summed E-state index contributed by atoms with van der Waals surface area (Å²) >= 11 is 0. The highest BCUT2D eigenvalue weighted by Crippen LogP contribution is 2.14. The average molecular weight is 311 g/mol. The minimum atomic E-state index is -4.38. The van der Waals surface area contributed by atoms with E-state index in [1.165, 1.54) is 0 Å². The Morgan fingerprint density at radius 3 is 2.62 bits per heavy atom. The number of carbonyl (C=O) groups is 1. The zero-order valence-electron chi connectivity index (χ0n) is 12.5. The molecule has 21 heavy (non-hydrogen) atoms. The van der Waals surface area contributed by atoms with Gasteiger partial charge in [-0.1, -0.05) is 6.92 Å². The number of rotatable bonds is 6. The average Bonchev–Trinajstić information content (AvgIpc) is 2.37. The van der Waals surface area contributed by atoms with Gasteiger partial charge in [-0.25, -0.2) is 0 Å². The third-order valence-corrected chi connectivity index (χ3v) is 3.51. The van der Waals surface area contributed by atoms with Crippen molar-refractivity contribution in [2.24, 2.45) is 0 Å². The summed E-state index contributed by atoms with van der Waals surface area (Å²) in [6.45, 7) is 4.96. The number of hydrogen-bond donors (Lipinski definition) is 2. The fraction of sp³-hybridized carbons (Fsp3) is 0.923. The van der Waals surface area contributed by atoms with Gasteiger partial charge in [-0.05, 0) is 13.3 Å². The van der Waals surface area contributed by atoms with Crippen LogP contribution in [0.3, 0.4) is 0 Å². The molecule has 124 valence electrons. The second-order valence-corrected chi connectivity index (χ2v) is 5.53. The molecular formula is C13H24F3N3O2. The molecule has 1 aliphatic rings. The van der Waals surface area contributed by atoms with E-state index in [0.29, 0.717) is 26.2 Å². The highest BCUT2D eigenvalue weighted by Gasteiger charge is 2.30. The van der Waals surface area contributed by atoms with E-state index in [0.717, 1.165) is 6.42 Å². The number of nitrogens with one attached hydrogen (secondary N) is 1. The number of piperazine rings is 1. The van der Waals surface area contributed by atoms with Crippen molar-refractivity contribution in [1.29, 1.82) is 0 Å². The van der Waals surface area contributed by atoms with Crippen LogP contribution in [0.15, 0.2) is 0 Å². The van der Waals surface area contributed by atoms with E-state index in [9.17, 15) is 23.1 Å². The van der Waals surface area contributed by atoms with E-state index in [4.69, 9.17) is 0 Å². The Balaban J connectivity index is 2.40. The van der Waals surface area contributed by atoms with Gasteiger partial charge < -0.3 is 10.4 Å². The lowest BCUT2D eigenvalue weighted by atomic mass is 10.1. The van der Waals surface area contributed by atoms with Gasteiger partial charge in [0.15, 0.2) is 0 Å². The number of β-amino-alcohol motifs (C(OH)–C–C–N with tert-alkyl or cyclic N) is 1. The van der Waals surface area contributed by atoms with Gasteiger partial charge in [0, 0.05) is 32.2 Å². The van der Waals surface area contributed by atoms with Crippen LogP contribution < -0.4 is 5.32 Å². The van der Waals surface area contributed by atoms with Crippen molar-refractivity contribution in [3.8, 4) is 0 Å². The third kappa shape index (κ3) is 7.10. The first kappa shape index (κ1) is 18.2. The quantitative estimate of drug-likeness (QED) is 0.747. The molecule has 1 aliphatic heterocycles. The summed E-state index contributed by atoms with van der Waals surface area (Å²) in [5.74, 6) is -0.605. The maximum atomic E-state index is 12.0. The predicted octanol–water partition coefficient (Wildman–Crippen LogP) is 0.442. The number of hydrogen-bond acceptors (Lipinski definition) is 4. The summed E-state index contributed by atoms with van der Waals surface area (Å²) < 4.78 is 36.1. The predicted molar refractivity (Wildman–Crippen MR) is 72.8 cm³/mol. The van der Waals surface area contributed by atoms with Crippen molar-refractivity contribution in [2.45, 2.75) is 38.6 Å². The zero-order valence-corrected chi connectivity index (χ0v) is 12.5. The van der Waals surface area contributed by atoms with Gasteiger partial charge in [0.05, 0.1) is 12.6 Å². The van der Waals surface area contributed by atoms with Crippen molar-refractivity contribution in [1.82, 2.24) is 15.1 Å². The van der Waals surface area contributed by atoms with Crippen LogP contribution in [0, 0.1) is 0 Å². The topological polar surface area (TPSA) is 55.8 Å². The maximum Gasteiger partial charge on any atom is 0.405 e. The van der Waals surface area contributed by atoms with Gasteiger partial charge >= 0.3 is 6.18 Å². The molecule has 1 heterocycles. The molecular weight excluding hydrogens is 287 g/mol. The number of halogens is 3. The number of amides is 1. The Kier molecular flexibility index (Phi) is 6.89. The second-order valence-electron chi connectivity index (χ2n) is 5.53. The third-order valence-electron chi connectivity index (χ3n) is 3.51. The first-order valence-electron chi connectivity index (χ1n) is 7.19. The van der Waals surface area contributed by atoms with Crippen LogP contribution >= 0.6 is 0 Å². The highest BCUT2D eigenvalue weighted by molar-refractivity contribution is 5.78. The van der Waals surface area contributed by atoms with E-state index < -0.39 is 24.7 Å². The van der Waals surface area contributed by atoms with E-state index in [1.54, 1.807) is 6.92 Å². The molecule has 2 N–H and O–H groups in total. The van der Waals surface area contributed by atoms with Crippen LogP contribution in [0.4, 0.5) is 13.2 Å². The summed E-state index contributed by atoms with van der Waals surface area (Å²) in [6, 6.07) is 0.212. The summed E-state index contributed by atoms with van der Waals surface area (Å²) in [5, 5.41) is 11.3. The molecule has 0 unspecified atom stereocenters. The lowest BCUT2D eigenvalue weighted by molar-refractivity contribution is -0.139. The van der Waals surface area contributed by atoms with Gasteiger partial charge in [-0.2, -0.15) is 13.2 Å². The van der Waals surface area contributed by atoms with Gasteiger partial charge in [0.2, 0.25) is 5.91 Å². The number of aliphatic hydroxyl groups excluding tert-OH is 1. The van der Waals surface area contributed by atoms with E-state index in [-0.39, 0.29) is 12.6 Å². The first-order chi connectivity index (χ1) is 9.71. The largest absolute Gasteiger partial charge is 0.405 e. The molecule has 0 bridgehead atoms. The van der Waals surface area contributed by atoms with Gasteiger partial charge in [-0.3, -0.25) is 14.6 Å². The Hall–Kier alpha value is -0.860. The molecule has 0 aromatic heterocycles. The standard InChI is InChI=1S/C13H24F3N3O2/c1-3-11-7-18(4-5-19(11)6-10(2)20)8-12(21)17-9-13(14,15)16/h10-11,20H,3-9H2,1-2H3,(H,17,21)/t10-,11+/m1/s1. The fourth-order valence-electron chi connectivity index (χ4n) is 2.53. The molecule has 1 saturated heterocycles. The van der Waals surface area contributed by atoms with Crippen molar-refractivity contribution in [3.05, 3.63) is 0 Å². The minimum Gasteiger partial charge on any atom is -0.392 e. The molecule has 0 saturated carbocycles. The second kappa shape index (κ2) is 7.95. The zero-order chi connectivity index (χ0) is 16.0. The van der Waals surface area contributed by atoms with Crippen molar-refractivity contribution < 1.29 is 23.1 Å². The van der Waals surface area contributed by atoms with Crippen LogP contribution in [0.2, 0.25) is 0 Å². The smallest absolute Gasteiger partial charge is 0.392 e. The summed E-state index contributed by atoms with van der Waals surface area (Å²) in [7, 11) is 0. The van der Waals surface area contributed by atoms with Gasteiger partial charge in [0.25, 0.3) is 0 Å². The molecule has 1 amide bonds. The van der Waals surface area contributed by atoms with Crippen LogP contribution in [0.1, 0.15) is 20.3 Å². The van der Waals surface area contributed by atoms with Gasteiger partial charge in [-0.15, -0.1) is 0 Å². The van der Waals surface area contributed by atoms with E-state index in [2.05, 4.69) is 4.90 Å². The fourth-order valence-corrected chi connectivity index (χ4v) is 2.53.